The van der Waals surface area contributed by atoms with Crippen molar-refractivity contribution < 1.29 is 19.7 Å². The zero-order valence-corrected chi connectivity index (χ0v) is 16.6. The number of aromatic nitrogens is 3. The molecule has 3 N–H and O–H groups in total. The second-order valence-corrected chi connectivity index (χ2v) is 7.33. The molecule has 1 saturated heterocycles. The van der Waals surface area contributed by atoms with Gasteiger partial charge in [0.25, 0.3) is 5.91 Å². The number of carbonyl (C=O) groups excluding carboxylic acids is 1. The lowest BCUT2D eigenvalue weighted by Gasteiger charge is -2.26. The SMILES string of the molecule is O=C(c1ccc2nc(-c3cc(-c4cccnc4O)ccc3O)[nH]c2c1)N1CCOCC1. The Balaban J connectivity index is 1.51. The first-order chi connectivity index (χ1) is 15.1. The van der Waals surface area contributed by atoms with Crippen molar-refractivity contribution in [1.29, 1.82) is 0 Å². The van der Waals surface area contributed by atoms with E-state index in [1.54, 1.807) is 53.4 Å². The lowest BCUT2D eigenvalue weighted by atomic mass is 10.0. The number of imidazole rings is 1. The summed E-state index contributed by atoms with van der Waals surface area (Å²) in [7, 11) is 0. The largest absolute Gasteiger partial charge is 0.507 e. The average Bonchev–Trinajstić information content (AvgIpc) is 3.23. The molecule has 3 heterocycles. The van der Waals surface area contributed by atoms with Gasteiger partial charge in [0, 0.05) is 30.4 Å². The first kappa shape index (κ1) is 19.1. The Bertz CT molecular complexity index is 1280. The van der Waals surface area contributed by atoms with E-state index in [4.69, 9.17) is 4.74 Å². The summed E-state index contributed by atoms with van der Waals surface area (Å²) in [6.45, 7) is 2.24. The Kier molecular flexibility index (Phi) is 4.76. The molecule has 5 rings (SSSR count). The highest BCUT2D eigenvalue weighted by molar-refractivity contribution is 5.98. The zero-order valence-electron chi connectivity index (χ0n) is 16.6. The van der Waals surface area contributed by atoms with Crippen LogP contribution >= 0.6 is 0 Å². The number of phenolic OH excluding ortho intramolecular Hbond substituents is 1. The van der Waals surface area contributed by atoms with Crippen molar-refractivity contribution >= 4 is 16.9 Å². The number of benzene rings is 2. The molecule has 0 atom stereocenters. The Morgan fingerprint density at radius 3 is 2.68 bits per heavy atom. The molecule has 0 radical (unpaired) electrons. The molecule has 1 fully saturated rings. The maximum absolute atomic E-state index is 12.8. The number of ether oxygens (including phenoxy) is 1. The van der Waals surface area contributed by atoms with Gasteiger partial charge >= 0.3 is 0 Å². The number of amides is 1. The molecule has 0 saturated carbocycles. The number of H-pyrrole nitrogens is 1. The van der Waals surface area contributed by atoms with E-state index in [1.807, 2.05) is 0 Å². The van der Waals surface area contributed by atoms with E-state index in [9.17, 15) is 15.0 Å². The fourth-order valence-corrected chi connectivity index (χ4v) is 3.73. The topological polar surface area (TPSA) is 112 Å². The number of morpholine rings is 1. The highest BCUT2D eigenvalue weighted by Crippen LogP contribution is 2.35. The summed E-state index contributed by atoms with van der Waals surface area (Å²) >= 11 is 0. The molecule has 156 valence electrons. The van der Waals surface area contributed by atoms with Gasteiger partial charge in [-0.25, -0.2) is 9.97 Å². The molecular weight excluding hydrogens is 396 g/mol. The van der Waals surface area contributed by atoms with Crippen molar-refractivity contribution in [3.63, 3.8) is 0 Å². The smallest absolute Gasteiger partial charge is 0.254 e. The number of hydrogen-bond donors (Lipinski definition) is 3. The number of carbonyl (C=O) groups is 1. The predicted octanol–water partition coefficient (Wildman–Crippen LogP) is 3.18. The molecule has 8 heteroatoms. The third kappa shape index (κ3) is 3.57. The summed E-state index contributed by atoms with van der Waals surface area (Å²) in [5.41, 5.74) is 3.69. The summed E-state index contributed by atoms with van der Waals surface area (Å²) in [6, 6.07) is 13.8. The van der Waals surface area contributed by atoms with E-state index in [0.29, 0.717) is 65.4 Å². The van der Waals surface area contributed by atoms with E-state index in [1.165, 1.54) is 6.20 Å². The van der Waals surface area contributed by atoms with Crippen LogP contribution in [-0.2, 0) is 4.74 Å². The van der Waals surface area contributed by atoms with Gasteiger partial charge in [-0.1, -0.05) is 6.07 Å². The molecule has 0 aliphatic carbocycles. The summed E-state index contributed by atoms with van der Waals surface area (Å²) in [6.07, 6.45) is 1.51. The van der Waals surface area contributed by atoms with Gasteiger partial charge in [0.1, 0.15) is 11.6 Å². The van der Waals surface area contributed by atoms with E-state index in [2.05, 4.69) is 15.0 Å². The molecule has 4 aromatic rings. The van der Waals surface area contributed by atoms with E-state index >= 15 is 0 Å². The Morgan fingerprint density at radius 1 is 1.03 bits per heavy atom. The Morgan fingerprint density at radius 2 is 1.87 bits per heavy atom. The number of hydrogen-bond acceptors (Lipinski definition) is 6. The fraction of sp³-hybridized carbons (Fsp3) is 0.174. The minimum absolute atomic E-state index is 0.0433. The van der Waals surface area contributed by atoms with Gasteiger partial charge in [0.05, 0.1) is 29.8 Å². The molecule has 0 unspecified atom stereocenters. The maximum atomic E-state index is 12.8. The number of phenols is 1. The van der Waals surface area contributed by atoms with Gasteiger partial charge in [-0.2, -0.15) is 0 Å². The zero-order chi connectivity index (χ0) is 21.4. The van der Waals surface area contributed by atoms with Crippen LogP contribution in [0.1, 0.15) is 10.4 Å². The van der Waals surface area contributed by atoms with Crippen LogP contribution in [0.5, 0.6) is 11.6 Å². The second-order valence-electron chi connectivity index (χ2n) is 7.33. The molecule has 31 heavy (non-hydrogen) atoms. The van der Waals surface area contributed by atoms with E-state index < -0.39 is 0 Å². The van der Waals surface area contributed by atoms with Gasteiger partial charge in [-0.15, -0.1) is 0 Å². The van der Waals surface area contributed by atoms with Gasteiger partial charge in [-0.05, 0) is 48.0 Å². The lowest BCUT2D eigenvalue weighted by molar-refractivity contribution is 0.0303. The minimum atomic E-state index is -0.0880. The van der Waals surface area contributed by atoms with Crippen LogP contribution < -0.4 is 0 Å². The van der Waals surface area contributed by atoms with Gasteiger partial charge in [0.2, 0.25) is 5.88 Å². The molecule has 1 aliphatic rings. The van der Waals surface area contributed by atoms with Crippen LogP contribution in [0.25, 0.3) is 33.5 Å². The molecule has 0 spiro atoms. The van der Waals surface area contributed by atoms with Crippen LogP contribution in [0, 0.1) is 0 Å². The van der Waals surface area contributed by atoms with Gasteiger partial charge in [-0.3, -0.25) is 4.79 Å². The predicted molar refractivity (Wildman–Crippen MR) is 115 cm³/mol. The van der Waals surface area contributed by atoms with Crippen LogP contribution in [0.4, 0.5) is 0 Å². The quantitative estimate of drug-likeness (QED) is 0.473. The van der Waals surface area contributed by atoms with Crippen LogP contribution in [0.15, 0.2) is 54.7 Å². The number of rotatable bonds is 3. The molecule has 0 bridgehead atoms. The highest BCUT2D eigenvalue weighted by Gasteiger charge is 2.20. The van der Waals surface area contributed by atoms with Crippen molar-refractivity contribution in [3.05, 3.63) is 60.3 Å². The van der Waals surface area contributed by atoms with Crippen molar-refractivity contribution in [2.45, 2.75) is 0 Å². The average molecular weight is 416 g/mol. The first-order valence-electron chi connectivity index (χ1n) is 9.95. The maximum Gasteiger partial charge on any atom is 0.254 e. The standard InChI is InChI=1S/C23H20N4O4/c28-20-6-4-14(16-2-1-7-24-22(16)29)12-17(20)21-25-18-5-3-15(13-19(18)26-21)23(30)27-8-10-31-11-9-27/h1-7,12-13,28H,8-11H2,(H,24,29)(H,25,26). The summed E-state index contributed by atoms with van der Waals surface area (Å²) < 4.78 is 5.32. The van der Waals surface area contributed by atoms with Crippen LogP contribution in [0.2, 0.25) is 0 Å². The highest BCUT2D eigenvalue weighted by atomic mass is 16.5. The van der Waals surface area contributed by atoms with Crippen molar-refractivity contribution in [2.24, 2.45) is 0 Å². The summed E-state index contributed by atoms with van der Waals surface area (Å²) in [5.74, 6) is 0.387. The molecule has 2 aromatic heterocycles. The van der Waals surface area contributed by atoms with Gasteiger partial charge in [0.15, 0.2) is 0 Å². The third-order valence-electron chi connectivity index (χ3n) is 5.38. The summed E-state index contributed by atoms with van der Waals surface area (Å²) in [4.78, 5) is 26.2. The van der Waals surface area contributed by atoms with Crippen molar-refractivity contribution in [2.75, 3.05) is 26.3 Å². The van der Waals surface area contributed by atoms with Crippen LogP contribution in [0.3, 0.4) is 0 Å². The number of fused-ring (bicyclic) bond motifs is 1. The molecule has 1 amide bonds. The second kappa shape index (κ2) is 7.73. The van der Waals surface area contributed by atoms with E-state index in [-0.39, 0.29) is 17.5 Å². The molecule has 2 aromatic carbocycles. The monoisotopic (exact) mass is 416 g/mol. The van der Waals surface area contributed by atoms with Gasteiger partial charge < -0.3 is 24.8 Å². The minimum Gasteiger partial charge on any atom is -0.507 e. The Hall–Kier alpha value is -3.91. The lowest BCUT2D eigenvalue weighted by Crippen LogP contribution is -2.40. The molecule has 8 nitrogen and oxygen atoms in total. The normalized spacial score (nSPS) is 14.1. The number of pyridine rings is 1. The summed E-state index contributed by atoms with van der Waals surface area (Å²) in [5, 5.41) is 20.5. The van der Waals surface area contributed by atoms with Crippen LogP contribution in [-0.4, -0.2) is 62.3 Å². The number of aromatic amines is 1. The Labute approximate surface area is 177 Å². The molecule has 1 aliphatic heterocycles. The first-order valence-corrected chi connectivity index (χ1v) is 9.95. The van der Waals surface area contributed by atoms with Crippen molar-refractivity contribution in [3.8, 4) is 34.1 Å². The van der Waals surface area contributed by atoms with E-state index in [0.717, 1.165) is 0 Å². The van der Waals surface area contributed by atoms with Crippen molar-refractivity contribution in [1.82, 2.24) is 19.9 Å². The third-order valence-corrected chi connectivity index (χ3v) is 5.38. The molecular formula is C23H20N4O4. The number of nitrogens with one attached hydrogen (secondary N) is 1. The fourth-order valence-electron chi connectivity index (χ4n) is 3.73. The number of aromatic hydroxyl groups is 2. The number of nitrogens with zero attached hydrogens (tertiary/aromatic N) is 3.